The van der Waals surface area contributed by atoms with Gasteiger partial charge in [-0.05, 0) is 43.7 Å². The number of aliphatic hydroxyl groups is 1. The first kappa shape index (κ1) is 14.1. The van der Waals surface area contributed by atoms with E-state index in [2.05, 4.69) is 0 Å². The Kier molecular flexibility index (Phi) is 3.49. The number of carbonyl (C=O) groups excluding carboxylic acids is 2. The Hall–Kier alpha value is -1.82. The van der Waals surface area contributed by atoms with Crippen molar-refractivity contribution in [3.63, 3.8) is 0 Å². The second-order valence-corrected chi connectivity index (χ2v) is 5.71. The zero-order valence-electron chi connectivity index (χ0n) is 11.3. The minimum atomic E-state index is -1.13. The number of fused-ring (bicyclic) bond motifs is 1. The van der Waals surface area contributed by atoms with Crippen LogP contribution in [0.15, 0.2) is 12.1 Å². The third kappa shape index (κ3) is 2.44. The van der Waals surface area contributed by atoms with Crippen molar-refractivity contribution in [3.8, 4) is 0 Å². The van der Waals surface area contributed by atoms with E-state index in [4.69, 9.17) is 0 Å². The highest BCUT2D eigenvalue weighted by Gasteiger charge is 2.38. The van der Waals surface area contributed by atoms with E-state index in [-0.39, 0.29) is 29.7 Å². The number of carbonyl (C=O) groups is 2. The van der Waals surface area contributed by atoms with E-state index in [1.807, 2.05) is 0 Å². The monoisotopic (exact) mass is 295 g/mol. The quantitative estimate of drug-likeness (QED) is 0.850. The molecule has 112 valence electrons. The van der Waals surface area contributed by atoms with Crippen molar-refractivity contribution in [2.75, 3.05) is 6.54 Å². The molecule has 1 aliphatic carbocycles. The lowest BCUT2D eigenvalue weighted by atomic mass is 9.87. The maximum Gasteiger partial charge on any atom is 0.261 e. The number of rotatable bonds is 2. The van der Waals surface area contributed by atoms with Crippen molar-refractivity contribution in [2.24, 2.45) is 5.92 Å². The van der Waals surface area contributed by atoms with Gasteiger partial charge in [0, 0.05) is 6.54 Å². The molecule has 1 aromatic carbocycles. The lowest BCUT2D eigenvalue weighted by Crippen LogP contribution is -2.36. The van der Waals surface area contributed by atoms with Gasteiger partial charge in [0.15, 0.2) is 11.6 Å². The van der Waals surface area contributed by atoms with Gasteiger partial charge in [0.25, 0.3) is 11.8 Å². The lowest BCUT2D eigenvalue weighted by Gasteiger charge is -2.28. The van der Waals surface area contributed by atoms with Crippen LogP contribution in [0.2, 0.25) is 0 Å². The summed E-state index contributed by atoms with van der Waals surface area (Å²) in [6.07, 6.45) is 2.45. The standard InChI is InChI=1S/C15H15F2NO3/c16-12-5-10-11(6-13(12)17)15(21)18(14(10)20)7-8-1-3-9(19)4-2-8/h5-6,8-9,19H,1-4,7H2. The highest BCUT2D eigenvalue weighted by Crippen LogP contribution is 2.30. The molecule has 0 unspecified atom stereocenters. The molecule has 0 saturated heterocycles. The second kappa shape index (κ2) is 5.18. The highest BCUT2D eigenvalue weighted by molar-refractivity contribution is 6.21. The van der Waals surface area contributed by atoms with Crippen LogP contribution in [0.3, 0.4) is 0 Å². The molecule has 21 heavy (non-hydrogen) atoms. The molecule has 0 spiro atoms. The molecule has 4 nitrogen and oxygen atoms in total. The van der Waals surface area contributed by atoms with Crippen LogP contribution in [0, 0.1) is 17.6 Å². The fourth-order valence-electron chi connectivity index (χ4n) is 3.04. The molecule has 1 saturated carbocycles. The second-order valence-electron chi connectivity index (χ2n) is 5.71. The van der Waals surface area contributed by atoms with Crippen molar-refractivity contribution >= 4 is 11.8 Å². The molecule has 1 fully saturated rings. The van der Waals surface area contributed by atoms with Gasteiger partial charge in [0.2, 0.25) is 0 Å². The van der Waals surface area contributed by atoms with Crippen LogP contribution in [-0.4, -0.2) is 34.5 Å². The summed E-state index contributed by atoms with van der Waals surface area (Å²) in [6.45, 7) is 0.238. The van der Waals surface area contributed by atoms with Crippen molar-refractivity contribution < 1.29 is 23.5 Å². The maximum absolute atomic E-state index is 13.2. The lowest BCUT2D eigenvalue weighted by molar-refractivity contribution is 0.0575. The zero-order chi connectivity index (χ0) is 15.1. The van der Waals surface area contributed by atoms with Gasteiger partial charge in [-0.25, -0.2) is 8.78 Å². The summed E-state index contributed by atoms with van der Waals surface area (Å²) in [5, 5.41) is 9.46. The minimum Gasteiger partial charge on any atom is -0.393 e. The molecule has 3 rings (SSSR count). The molecule has 2 amide bonds. The SMILES string of the molecule is O=C1c2cc(F)c(F)cc2C(=O)N1CC1CCC(O)CC1. The summed E-state index contributed by atoms with van der Waals surface area (Å²) in [5.41, 5.74) is -0.149. The van der Waals surface area contributed by atoms with Gasteiger partial charge >= 0.3 is 0 Å². The van der Waals surface area contributed by atoms with E-state index in [0.717, 1.165) is 29.9 Å². The first-order valence-electron chi connectivity index (χ1n) is 7.00. The fraction of sp³-hybridized carbons (Fsp3) is 0.467. The van der Waals surface area contributed by atoms with Crippen molar-refractivity contribution in [1.82, 2.24) is 4.90 Å². The predicted octanol–water partition coefficient (Wildman–Crippen LogP) is 2.11. The number of aliphatic hydroxyl groups excluding tert-OH is 1. The molecular weight excluding hydrogens is 280 g/mol. The van der Waals surface area contributed by atoms with Crippen LogP contribution in [0.4, 0.5) is 8.78 Å². The van der Waals surface area contributed by atoms with E-state index in [1.165, 1.54) is 0 Å². The first-order chi connectivity index (χ1) is 9.97. The summed E-state index contributed by atoms with van der Waals surface area (Å²) in [6, 6.07) is 1.57. The smallest absolute Gasteiger partial charge is 0.261 e. The minimum absolute atomic E-state index is 0.0743. The number of imide groups is 1. The highest BCUT2D eigenvalue weighted by atomic mass is 19.2. The Morgan fingerprint density at radius 3 is 1.95 bits per heavy atom. The number of amides is 2. The van der Waals surface area contributed by atoms with E-state index in [1.54, 1.807) is 0 Å². The Bertz CT molecular complexity index is 568. The van der Waals surface area contributed by atoms with Gasteiger partial charge in [-0.2, -0.15) is 0 Å². The third-order valence-electron chi connectivity index (χ3n) is 4.27. The topological polar surface area (TPSA) is 57.6 Å². The largest absolute Gasteiger partial charge is 0.393 e. The van der Waals surface area contributed by atoms with Crippen molar-refractivity contribution in [1.29, 1.82) is 0 Å². The maximum atomic E-state index is 13.2. The summed E-state index contributed by atoms with van der Waals surface area (Å²) in [4.78, 5) is 25.4. The van der Waals surface area contributed by atoms with Crippen LogP contribution in [0.25, 0.3) is 0 Å². The molecule has 1 heterocycles. The molecule has 2 aliphatic rings. The van der Waals surface area contributed by atoms with Gasteiger partial charge in [0.1, 0.15) is 0 Å². The normalized spacial score (nSPS) is 25.4. The molecule has 0 radical (unpaired) electrons. The molecule has 1 N–H and O–H groups in total. The van der Waals surface area contributed by atoms with E-state index in [9.17, 15) is 23.5 Å². The fourth-order valence-corrected chi connectivity index (χ4v) is 3.04. The zero-order valence-corrected chi connectivity index (χ0v) is 11.3. The Morgan fingerprint density at radius 2 is 1.48 bits per heavy atom. The van der Waals surface area contributed by atoms with Gasteiger partial charge in [-0.1, -0.05) is 0 Å². The predicted molar refractivity (Wildman–Crippen MR) is 69.7 cm³/mol. The molecule has 6 heteroatoms. The van der Waals surface area contributed by atoms with Gasteiger partial charge in [0.05, 0.1) is 17.2 Å². The van der Waals surface area contributed by atoms with Crippen LogP contribution >= 0.6 is 0 Å². The number of benzene rings is 1. The molecule has 0 aromatic heterocycles. The van der Waals surface area contributed by atoms with Gasteiger partial charge in [-0.15, -0.1) is 0 Å². The van der Waals surface area contributed by atoms with Crippen LogP contribution in [0.5, 0.6) is 0 Å². The molecule has 0 bridgehead atoms. The average molecular weight is 295 g/mol. The summed E-state index contributed by atoms with van der Waals surface area (Å²) >= 11 is 0. The first-order valence-corrected chi connectivity index (χ1v) is 7.00. The average Bonchev–Trinajstić information content (AvgIpc) is 2.67. The van der Waals surface area contributed by atoms with E-state index < -0.39 is 23.4 Å². The molecular formula is C15H15F2NO3. The van der Waals surface area contributed by atoms with E-state index >= 15 is 0 Å². The Balaban J connectivity index is 1.80. The third-order valence-corrected chi connectivity index (χ3v) is 4.27. The van der Waals surface area contributed by atoms with Gasteiger partial charge in [-0.3, -0.25) is 14.5 Å². The number of hydrogen-bond acceptors (Lipinski definition) is 3. The Morgan fingerprint density at radius 1 is 1.00 bits per heavy atom. The number of hydrogen-bond donors (Lipinski definition) is 1. The van der Waals surface area contributed by atoms with Crippen LogP contribution in [0.1, 0.15) is 46.4 Å². The van der Waals surface area contributed by atoms with Crippen molar-refractivity contribution in [2.45, 2.75) is 31.8 Å². The van der Waals surface area contributed by atoms with E-state index in [0.29, 0.717) is 12.8 Å². The summed E-state index contributed by atoms with van der Waals surface area (Å²) < 4.78 is 26.4. The van der Waals surface area contributed by atoms with Gasteiger partial charge < -0.3 is 5.11 Å². The number of nitrogens with zero attached hydrogens (tertiary/aromatic N) is 1. The van der Waals surface area contributed by atoms with Crippen LogP contribution < -0.4 is 0 Å². The molecule has 1 aromatic rings. The summed E-state index contributed by atoms with van der Waals surface area (Å²) in [7, 11) is 0. The molecule has 0 atom stereocenters. The van der Waals surface area contributed by atoms with Crippen LogP contribution in [-0.2, 0) is 0 Å². The van der Waals surface area contributed by atoms with Crippen molar-refractivity contribution in [3.05, 3.63) is 34.9 Å². The summed E-state index contributed by atoms with van der Waals surface area (Å²) in [5.74, 6) is -3.26. The Labute approximate surface area is 120 Å². The number of halogens is 2. The molecule has 1 aliphatic heterocycles.